The minimum Gasteiger partial charge on any atom is -0.397 e. The van der Waals surface area contributed by atoms with Gasteiger partial charge in [0, 0.05) is 10.5 Å². The summed E-state index contributed by atoms with van der Waals surface area (Å²) in [7, 11) is 0. The molecule has 82 valence electrons. The molecule has 1 aromatic carbocycles. The van der Waals surface area contributed by atoms with E-state index in [9.17, 15) is 0 Å². The van der Waals surface area contributed by atoms with Gasteiger partial charge >= 0.3 is 0 Å². The molecule has 2 unspecified atom stereocenters. The molecule has 2 nitrogen and oxygen atoms in total. The van der Waals surface area contributed by atoms with Crippen molar-refractivity contribution in [2.75, 3.05) is 11.1 Å². The number of nitrogens with one attached hydrogen (secondary N) is 1. The molecule has 1 aliphatic carbocycles. The molecule has 2 rings (SSSR count). The van der Waals surface area contributed by atoms with E-state index in [0.717, 1.165) is 21.8 Å². The molecule has 3 N–H and O–H groups in total. The van der Waals surface area contributed by atoms with Gasteiger partial charge in [-0.25, -0.2) is 0 Å². The molecule has 0 saturated heterocycles. The van der Waals surface area contributed by atoms with Gasteiger partial charge in [-0.2, -0.15) is 0 Å². The molecule has 1 aromatic rings. The first-order chi connectivity index (χ1) is 7.20. The molecule has 0 bridgehead atoms. The normalized spacial score (nSPS) is 23.9. The molecule has 15 heavy (non-hydrogen) atoms. The average Bonchev–Trinajstić information content (AvgIpc) is 2.90. The van der Waals surface area contributed by atoms with E-state index >= 15 is 0 Å². The van der Waals surface area contributed by atoms with Crippen LogP contribution in [0.25, 0.3) is 0 Å². The largest absolute Gasteiger partial charge is 0.397 e. The zero-order valence-corrected chi connectivity index (χ0v) is 10.5. The van der Waals surface area contributed by atoms with E-state index in [1.165, 1.54) is 19.3 Å². The number of anilines is 2. The average molecular weight is 269 g/mol. The molecule has 0 amide bonds. The van der Waals surface area contributed by atoms with Gasteiger partial charge in [-0.1, -0.05) is 29.3 Å². The number of hydrogen-bond acceptors (Lipinski definition) is 2. The van der Waals surface area contributed by atoms with E-state index in [0.29, 0.717) is 6.04 Å². The molecule has 1 fully saturated rings. The highest BCUT2D eigenvalue weighted by Crippen LogP contribution is 2.38. The lowest BCUT2D eigenvalue weighted by Gasteiger charge is -2.09. The third-order valence-electron chi connectivity index (χ3n) is 2.94. The van der Waals surface area contributed by atoms with Crippen LogP contribution in [0.4, 0.5) is 11.4 Å². The van der Waals surface area contributed by atoms with Gasteiger partial charge in [0.15, 0.2) is 0 Å². The molecular formula is C12H17BrN2. The van der Waals surface area contributed by atoms with Crippen molar-refractivity contribution in [3.63, 3.8) is 0 Å². The van der Waals surface area contributed by atoms with Gasteiger partial charge in [0.2, 0.25) is 0 Å². The molecule has 0 spiro atoms. The molecule has 2 atom stereocenters. The van der Waals surface area contributed by atoms with Gasteiger partial charge in [0.1, 0.15) is 0 Å². The SMILES string of the molecule is CCCC1CC1Nc1ccc(Br)cc1N. The Morgan fingerprint density at radius 1 is 1.53 bits per heavy atom. The third kappa shape index (κ3) is 2.65. The molecule has 0 aromatic heterocycles. The monoisotopic (exact) mass is 268 g/mol. The number of halogens is 1. The minimum absolute atomic E-state index is 0.647. The summed E-state index contributed by atoms with van der Waals surface area (Å²) in [6, 6.07) is 6.66. The van der Waals surface area contributed by atoms with Crippen molar-refractivity contribution < 1.29 is 0 Å². The summed E-state index contributed by atoms with van der Waals surface area (Å²) >= 11 is 3.41. The van der Waals surface area contributed by atoms with Crippen LogP contribution in [0.1, 0.15) is 26.2 Å². The highest BCUT2D eigenvalue weighted by atomic mass is 79.9. The molecule has 3 heteroatoms. The maximum Gasteiger partial charge on any atom is 0.0576 e. The van der Waals surface area contributed by atoms with E-state index in [4.69, 9.17) is 5.73 Å². The highest BCUT2D eigenvalue weighted by molar-refractivity contribution is 9.10. The quantitative estimate of drug-likeness (QED) is 0.819. The van der Waals surface area contributed by atoms with Gasteiger partial charge in [-0.15, -0.1) is 0 Å². The molecule has 0 radical (unpaired) electrons. The van der Waals surface area contributed by atoms with Crippen LogP contribution >= 0.6 is 15.9 Å². The van der Waals surface area contributed by atoms with Crippen molar-refractivity contribution in [3.8, 4) is 0 Å². The van der Waals surface area contributed by atoms with Crippen LogP contribution in [-0.4, -0.2) is 6.04 Å². The Kier molecular flexibility index (Phi) is 3.19. The first-order valence-electron chi connectivity index (χ1n) is 5.52. The second-order valence-corrected chi connectivity index (χ2v) is 5.18. The first kappa shape index (κ1) is 10.8. The maximum absolute atomic E-state index is 5.92. The number of nitrogens with two attached hydrogens (primary N) is 1. The van der Waals surface area contributed by atoms with Gasteiger partial charge in [0.25, 0.3) is 0 Å². The summed E-state index contributed by atoms with van der Waals surface area (Å²) in [4.78, 5) is 0. The van der Waals surface area contributed by atoms with E-state index in [1.54, 1.807) is 0 Å². The first-order valence-corrected chi connectivity index (χ1v) is 6.31. The predicted molar refractivity (Wildman–Crippen MR) is 69.0 cm³/mol. The smallest absolute Gasteiger partial charge is 0.0576 e. The zero-order valence-electron chi connectivity index (χ0n) is 8.96. The molecule has 1 aliphatic rings. The predicted octanol–water partition coefficient (Wildman–Crippen LogP) is 3.63. The van der Waals surface area contributed by atoms with E-state index < -0.39 is 0 Å². The standard InChI is InChI=1S/C12H17BrN2/c1-2-3-8-6-12(8)15-11-5-4-9(13)7-10(11)14/h4-5,7-8,12,15H,2-3,6,14H2,1H3. The summed E-state index contributed by atoms with van der Waals surface area (Å²) < 4.78 is 1.03. The Morgan fingerprint density at radius 3 is 3.00 bits per heavy atom. The number of hydrogen-bond donors (Lipinski definition) is 2. The number of nitrogen functional groups attached to an aromatic ring is 1. The van der Waals surface area contributed by atoms with Gasteiger partial charge in [0.05, 0.1) is 11.4 Å². The highest BCUT2D eigenvalue weighted by Gasteiger charge is 2.35. The lowest BCUT2D eigenvalue weighted by molar-refractivity contribution is 0.693. The van der Waals surface area contributed by atoms with Crippen LogP contribution in [0.15, 0.2) is 22.7 Å². The maximum atomic E-state index is 5.92. The second-order valence-electron chi connectivity index (χ2n) is 4.27. The summed E-state index contributed by atoms with van der Waals surface area (Å²) in [5, 5.41) is 3.50. The van der Waals surface area contributed by atoms with Crippen LogP contribution < -0.4 is 11.1 Å². The molecule has 0 aliphatic heterocycles. The van der Waals surface area contributed by atoms with Crippen LogP contribution in [0.2, 0.25) is 0 Å². The van der Waals surface area contributed by atoms with Crippen LogP contribution in [0.3, 0.4) is 0 Å². The van der Waals surface area contributed by atoms with Gasteiger partial charge in [-0.05, 0) is 37.0 Å². The Labute approximate surface area is 99.4 Å². The molecule has 0 heterocycles. The van der Waals surface area contributed by atoms with Crippen molar-refractivity contribution in [2.45, 2.75) is 32.2 Å². The fourth-order valence-electron chi connectivity index (χ4n) is 1.98. The van der Waals surface area contributed by atoms with Crippen molar-refractivity contribution in [1.82, 2.24) is 0 Å². The Bertz CT molecular complexity index is 351. The van der Waals surface area contributed by atoms with E-state index in [1.807, 2.05) is 18.2 Å². The molecule has 1 saturated carbocycles. The Hall–Kier alpha value is -0.700. The molecular weight excluding hydrogens is 252 g/mol. The second kappa shape index (κ2) is 4.44. The Morgan fingerprint density at radius 2 is 2.33 bits per heavy atom. The third-order valence-corrected chi connectivity index (χ3v) is 3.43. The van der Waals surface area contributed by atoms with Crippen molar-refractivity contribution in [2.24, 2.45) is 5.92 Å². The zero-order chi connectivity index (χ0) is 10.8. The summed E-state index contributed by atoms with van der Waals surface area (Å²) in [6.45, 7) is 2.24. The lowest BCUT2D eigenvalue weighted by atomic mass is 10.2. The lowest BCUT2D eigenvalue weighted by Crippen LogP contribution is -2.06. The van der Waals surface area contributed by atoms with Gasteiger partial charge < -0.3 is 11.1 Å². The minimum atomic E-state index is 0.647. The van der Waals surface area contributed by atoms with Crippen LogP contribution in [-0.2, 0) is 0 Å². The number of benzene rings is 1. The fraction of sp³-hybridized carbons (Fsp3) is 0.500. The topological polar surface area (TPSA) is 38.0 Å². The van der Waals surface area contributed by atoms with Gasteiger partial charge in [-0.3, -0.25) is 0 Å². The summed E-state index contributed by atoms with van der Waals surface area (Å²) in [5.41, 5.74) is 7.82. The van der Waals surface area contributed by atoms with Crippen molar-refractivity contribution in [1.29, 1.82) is 0 Å². The number of rotatable bonds is 4. The van der Waals surface area contributed by atoms with E-state index in [2.05, 4.69) is 28.2 Å². The summed E-state index contributed by atoms with van der Waals surface area (Å²) in [6.07, 6.45) is 3.90. The van der Waals surface area contributed by atoms with Crippen molar-refractivity contribution in [3.05, 3.63) is 22.7 Å². The Balaban J connectivity index is 1.95. The summed E-state index contributed by atoms with van der Waals surface area (Å²) in [5.74, 6) is 0.859. The van der Waals surface area contributed by atoms with E-state index in [-0.39, 0.29) is 0 Å². The van der Waals surface area contributed by atoms with Crippen LogP contribution in [0, 0.1) is 5.92 Å². The van der Waals surface area contributed by atoms with Crippen molar-refractivity contribution >= 4 is 27.3 Å². The van der Waals surface area contributed by atoms with Crippen LogP contribution in [0.5, 0.6) is 0 Å². The fourth-order valence-corrected chi connectivity index (χ4v) is 2.36.